The summed E-state index contributed by atoms with van der Waals surface area (Å²) < 4.78 is 2.03. The number of thioether (sulfide) groups is 1. The van der Waals surface area contributed by atoms with E-state index in [1.54, 1.807) is 0 Å². The molecule has 3 nitrogen and oxygen atoms in total. The van der Waals surface area contributed by atoms with Crippen molar-refractivity contribution in [1.29, 1.82) is 0 Å². The standard InChI is InChI=1S/C11H12ClN3S/c12-9-3-4-10-13-14-11(15(10)6-9)8-2-1-5-16-7-8/h3-4,6,8H,1-2,5,7H2. The largest absolute Gasteiger partial charge is 0.285 e. The van der Waals surface area contributed by atoms with Crippen molar-refractivity contribution in [2.24, 2.45) is 0 Å². The maximum absolute atomic E-state index is 6.00. The molecule has 2 aromatic rings. The number of aromatic nitrogens is 3. The lowest BCUT2D eigenvalue weighted by atomic mass is 10.1. The van der Waals surface area contributed by atoms with Gasteiger partial charge in [0.2, 0.25) is 0 Å². The molecule has 5 heteroatoms. The predicted molar refractivity (Wildman–Crippen MR) is 67.3 cm³/mol. The molecule has 3 heterocycles. The predicted octanol–water partition coefficient (Wildman–Crippen LogP) is 2.99. The quantitative estimate of drug-likeness (QED) is 0.783. The average Bonchev–Trinajstić information content (AvgIpc) is 2.73. The second-order valence-corrected chi connectivity index (χ2v) is 5.63. The van der Waals surface area contributed by atoms with E-state index in [0.29, 0.717) is 5.92 Å². The van der Waals surface area contributed by atoms with Crippen molar-refractivity contribution in [2.45, 2.75) is 18.8 Å². The first-order chi connectivity index (χ1) is 7.84. The maximum atomic E-state index is 6.00. The average molecular weight is 254 g/mol. The summed E-state index contributed by atoms with van der Waals surface area (Å²) in [5, 5.41) is 9.21. The Morgan fingerprint density at radius 1 is 1.38 bits per heavy atom. The molecule has 0 spiro atoms. The lowest BCUT2D eigenvalue weighted by Gasteiger charge is -2.19. The summed E-state index contributed by atoms with van der Waals surface area (Å²) >= 11 is 8.00. The minimum Gasteiger partial charge on any atom is -0.285 e. The highest BCUT2D eigenvalue weighted by atomic mass is 35.5. The van der Waals surface area contributed by atoms with Crippen LogP contribution in [0.4, 0.5) is 0 Å². The van der Waals surface area contributed by atoms with Crippen LogP contribution in [0, 0.1) is 0 Å². The maximum Gasteiger partial charge on any atom is 0.160 e. The second-order valence-electron chi connectivity index (χ2n) is 4.05. The van der Waals surface area contributed by atoms with Gasteiger partial charge in [0, 0.05) is 17.9 Å². The van der Waals surface area contributed by atoms with Gasteiger partial charge in [0.1, 0.15) is 5.82 Å². The van der Waals surface area contributed by atoms with Gasteiger partial charge < -0.3 is 0 Å². The molecule has 1 aliphatic heterocycles. The summed E-state index contributed by atoms with van der Waals surface area (Å²) in [7, 11) is 0. The van der Waals surface area contributed by atoms with Crippen molar-refractivity contribution >= 4 is 29.0 Å². The Labute approximate surface area is 103 Å². The molecule has 2 aromatic heterocycles. The first-order valence-corrected chi connectivity index (χ1v) is 6.96. The summed E-state index contributed by atoms with van der Waals surface area (Å²) in [5.74, 6) is 4.00. The zero-order valence-electron chi connectivity index (χ0n) is 8.77. The smallest absolute Gasteiger partial charge is 0.160 e. The van der Waals surface area contributed by atoms with Crippen LogP contribution in [0.1, 0.15) is 24.6 Å². The molecule has 0 N–H and O–H groups in total. The van der Waals surface area contributed by atoms with Gasteiger partial charge >= 0.3 is 0 Å². The topological polar surface area (TPSA) is 30.2 Å². The Balaban J connectivity index is 2.05. The normalized spacial score (nSPS) is 21.4. The van der Waals surface area contributed by atoms with E-state index < -0.39 is 0 Å². The number of hydrogen-bond donors (Lipinski definition) is 0. The molecule has 0 bridgehead atoms. The third-order valence-electron chi connectivity index (χ3n) is 2.92. The minimum atomic E-state index is 0.521. The fourth-order valence-corrected chi connectivity index (χ4v) is 3.40. The fourth-order valence-electron chi connectivity index (χ4n) is 2.11. The van der Waals surface area contributed by atoms with Gasteiger partial charge in [-0.3, -0.25) is 4.40 Å². The molecule has 1 unspecified atom stereocenters. The van der Waals surface area contributed by atoms with E-state index in [-0.39, 0.29) is 0 Å². The molecular formula is C11H12ClN3S. The molecule has 1 atom stereocenters. The number of fused-ring (bicyclic) bond motifs is 1. The Morgan fingerprint density at radius 2 is 2.31 bits per heavy atom. The van der Waals surface area contributed by atoms with Crippen LogP contribution in [-0.4, -0.2) is 26.1 Å². The monoisotopic (exact) mass is 253 g/mol. The van der Waals surface area contributed by atoms with E-state index in [2.05, 4.69) is 10.2 Å². The molecule has 0 aliphatic carbocycles. The van der Waals surface area contributed by atoms with Crippen LogP contribution in [0.25, 0.3) is 5.65 Å². The van der Waals surface area contributed by atoms with Crippen LogP contribution >= 0.6 is 23.4 Å². The third-order valence-corrected chi connectivity index (χ3v) is 4.36. The van der Waals surface area contributed by atoms with Crippen molar-refractivity contribution in [3.8, 4) is 0 Å². The number of hydrogen-bond acceptors (Lipinski definition) is 3. The van der Waals surface area contributed by atoms with Gasteiger partial charge in [0.15, 0.2) is 5.65 Å². The zero-order valence-corrected chi connectivity index (χ0v) is 10.3. The summed E-state index contributed by atoms with van der Waals surface area (Å²) in [4.78, 5) is 0. The molecule has 1 saturated heterocycles. The van der Waals surface area contributed by atoms with Crippen LogP contribution in [0.3, 0.4) is 0 Å². The van der Waals surface area contributed by atoms with Crippen LogP contribution in [0.5, 0.6) is 0 Å². The Hall–Kier alpha value is -0.740. The molecule has 0 amide bonds. The van der Waals surface area contributed by atoms with Gasteiger partial charge in [-0.2, -0.15) is 11.8 Å². The van der Waals surface area contributed by atoms with Crippen LogP contribution in [-0.2, 0) is 0 Å². The zero-order chi connectivity index (χ0) is 11.0. The lowest BCUT2D eigenvalue weighted by Crippen LogP contribution is -2.12. The molecular weight excluding hydrogens is 242 g/mol. The Morgan fingerprint density at radius 3 is 3.12 bits per heavy atom. The lowest BCUT2D eigenvalue weighted by molar-refractivity contribution is 0.617. The number of nitrogens with zero attached hydrogens (tertiary/aromatic N) is 3. The summed E-state index contributed by atoms with van der Waals surface area (Å²) in [6.45, 7) is 0. The molecule has 0 radical (unpaired) electrons. The van der Waals surface area contributed by atoms with Crippen molar-refractivity contribution in [3.63, 3.8) is 0 Å². The van der Waals surface area contributed by atoms with Crippen LogP contribution in [0.15, 0.2) is 18.3 Å². The van der Waals surface area contributed by atoms with Gasteiger partial charge in [0.05, 0.1) is 5.02 Å². The number of pyridine rings is 1. The highest BCUT2D eigenvalue weighted by Crippen LogP contribution is 2.30. The molecule has 0 saturated carbocycles. The molecule has 0 aromatic carbocycles. The number of rotatable bonds is 1. The fraction of sp³-hybridized carbons (Fsp3) is 0.455. The first-order valence-electron chi connectivity index (χ1n) is 5.42. The van der Waals surface area contributed by atoms with Crippen molar-refractivity contribution < 1.29 is 0 Å². The van der Waals surface area contributed by atoms with E-state index in [1.807, 2.05) is 34.5 Å². The van der Waals surface area contributed by atoms with Crippen LogP contribution < -0.4 is 0 Å². The van der Waals surface area contributed by atoms with Crippen molar-refractivity contribution in [3.05, 3.63) is 29.2 Å². The van der Waals surface area contributed by atoms with Gasteiger partial charge in [-0.25, -0.2) is 0 Å². The van der Waals surface area contributed by atoms with Gasteiger partial charge in [-0.05, 0) is 30.7 Å². The highest BCUT2D eigenvalue weighted by molar-refractivity contribution is 7.99. The van der Waals surface area contributed by atoms with Gasteiger partial charge in [0.25, 0.3) is 0 Å². The highest BCUT2D eigenvalue weighted by Gasteiger charge is 2.20. The van der Waals surface area contributed by atoms with E-state index in [4.69, 9.17) is 11.6 Å². The van der Waals surface area contributed by atoms with Crippen LogP contribution in [0.2, 0.25) is 5.02 Å². The molecule has 3 rings (SSSR count). The second kappa shape index (κ2) is 4.26. The molecule has 16 heavy (non-hydrogen) atoms. The van der Waals surface area contributed by atoms with E-state index in [0.717, 1.165) is 22.2 Å². The van der Waals surface area contributed by atoms with E-state index in [1.165, 1.54) is 18.6 Å². The van der Waals surface area contributed by atoms with E-state index in [9.17, 15) is 0 Å². The summed E-state index contributed by atoms with van der Waals surface area (Å²) in [6, 6.07) is 3.76. The Bertz CT molecular complexity index is 505. The first kappa shape index (κ1) is 10.4. The Kier molecular flexibility index (Phi) is 2.77. The van der Waals surface area contributed by atoms with Gasteiger partial charge in [-0.1, -0.05) is 11.6 Å². The number of halogens is 1. The SMILES string of the molecule is Clc1ccc2nnc(C3CCCSC3)n2c1. The summed E-state index contributed by atoms with van der Waals surface area (Å²) in [5.41, 5.74) is 0.884. The molecule has 84 valence electrons. The summed E-state index contributed by atoms with van der Waals surface area (Å²) in [6.07, 6.45) is 4.39. The van der Waals surface area contributed by atoms with Gasteiger partial charge in [-0.15, -0.1) is 10.2 Å². The molecule has 1 fully saturated rings. The van der Waals surface area contributed by atoms with Crippen molar-refractivity contribution in [1.82, 2.24) is 14.6 Å². The van der Waals surface area contributed by atoms with E-state index >= 15 is 0 Å². The minimum absolute atomic E-state index is 0.521. The molecule has 1 aliphatic rings. The van der Waals surface area contributed by atoms with Crippen molar-refractivity contribution in [2.75, 3.05) is 11.5 Å². The third kappa shape index (κ3) is 1.80.